The van der Waals surface area contributed by atoms with Crippen LogP contribution in [-0.2, 0) is 32.3 Å². The van der Waals surface area contributed by atoms with E-state index in [0.717, 1.165) is 11.1 Å². The number of carbonyl (C=O) groups excluding carboxylic acids is 3. The zero-order chi connectivity index (χ0) is 35.8. The SMILES string of the molecule is C=CCN(Cn1nnc2ccccc21)C(=O)C1N([C@H](CO)c2ccccc2)C(=O)[C@@H]2[C@@H](C(=O)N(CC=C)Cc3ccccc3)[C@@]3(CC)CCC12O3. The third kappa shape index (κ3) is 5.64. The van der Waals surface area contributed by atoms with Gasteiger partial charge < -0.3 is 24.5 Å². The van der Waals surface area contributed by atoms with E-state index in [2.05, 4.69) is 23.5 Å². The van der Waals surface area contributed by atoms with Crippen molar-refractivity contribution < 1.29 is 24.2 Å². The molecule has 4 aromatic rings. The van der Waals surface area contributed by atoms with Crippen LogP contribution in [0.4, 0.5) is 0 Å². The Bertz CT molecular complexity index is 1930. The summed E-state index contributed by atoms with van der Waals surface area (Å²) in [6, 6.07) is 24.4. The molecule has 3 saturated heterocycles. The number of carbonyl (C=O) groups is 3. The van der Waals surface area contributed by atoms with Crippen molar-refractivity contribution in [2.45, 2.75) is 62.7 Å². The second-order valence-corrected chi connectivity index (χ2v) is 13.7. The van der Waals surface area contributed by atoms with Crippen molar-refractivity contribution in [1.82, 2.24) is 29.7 Å². The molecule has 11 nitrogen and oxygen atoms in total. The molecular formula is C40H44N6O5. The molecule has 1 N–H and O–H groups in total. The molecule has 3 aliphatic rings. The van der Waals surface area contributed by atoms with E-state index < -0.39 is 41.7 Å². The van der Waals surface area contributed by atoms with Gasteiger partial charge in [-0.2, -0.15) is 0 Å². The molecule has 2 unspecified atom stereocenters. The van der Waals surface area contributed by atoms with Gasteiger partial charge in [0.2, 0.25) is 17.7 Å². The summed E-state index contributed by atoms with van der Waals surface area (Å²) in [5, 5.41) is 19.6. The molecule has 2 bridgehead atoms. The van der Waals surface area contributed by atoms with E-state index in [-0.39, 0.29) is 37.5 Å². The predicted octanol–water partition coefficient (Wildman–Crippen LogP) is 4.51. The summed E-state index contributed by atoms with van der Waals surface area (Å²) in [4.78, 5) is 50.1. The Kier molecular flexibility index (Phi) is 9.34. The van der Waals surface area contributed by atoms with Crippen LogP contribution in [0.2, 0.25) is 0 Å². The van der Waals surface area contributed by atoms with Gasteiger partial charge >= 0.3 is 0 Å². The molecule has 7 rings (SSSR count). The number of aromatic nitrogens is 3. The Labute approximate surface area is 297 Å². The first kappa shape index (κ1) is 34.3. The molecule has 3 aromatic carbocycles. The normalized spacial score (nSPS) is 25.5. The lowest BCUT2D eigenvalue weighted by atomic mass is 9.64. The van der Waals surface area contributed by atoms with E-state index in [0.29, 0.717) is 36.9 Å². The number of para-hydroxylation sites is 1. The minimum atomic E-state index is -1.30. The number of nitrogens with zero attached hydrogens (tertiary/aromatic N) is 6. The van der Waals surface area contributed by atoms with Gasteiger partial charge in [0.25, 0.3) is 0 Å². The summed E-state index contributed by atoms with van der Waals surface area (Å²) < 4.78 is 8.76. The van der Waals surface area contributed by atoms with Gasteiger partial charge in [-0.05, 0) is 42.5 Å². The average molecular weight is 689 g/mol. The van der Waals surface area contributed by atoms with Gasteiger partial charge in [0.05, 0.1) is 35.6 Å². The van der Waals surface area contributed by atoms with E-state index in [9.17, 15) is 9.90 Å². The van der Waals surface area contributed by atoms with Gasteiger partial charge in [-0.25, -0.2) is 4.68 Å². The third-order valence-electron chi connectivity index (χ3n) is 11.1. The van der Waals surface area contributed by atoms with E-state index in [1.54, 1.807) is 26.6 Å². The maximum atomic E-state index is 15.2. The minimum absolute atomic E-state index is 0.0469. The number of fused-ring (bicyclic) bond motifs is 2. The number of aliphatic hydroxyl groups excluding tert-OH is 1. The molecule has 0 radical (unpaired) electrons. The summed E-state index contributed by atoms with van der Waals surface area (Å²) >= 11 is 0. The third-order valence-corrected chi connectivity index (χ3v) is 11.1. The topological polar surface area (TPSA) is 121 Å². The maximum absolute atomic E-state index is 15.2. The van der Waals surface area contributed by atoms with E-state index in [4.69, 9.17) is 4.74 Å². The van der Waals surface area contributed by atoms with Crippen LogP contribution in [0.1, 0.15) is 43.4 Å². The summed E-state index contributed by atoms with van der Waals surface area (Å²) in [6.07, 6.45) is 4.74. The van der Waals surface area contributed by atoms with Crippen LogP contribution in [0.5, 0.6) is 0 Å². The number of likely N-dealkylation sites (tertiary alicyclic amines) is 1. The van der Waals surface area contributed by atoms with Crippen LogP contribution in [0, 0.1) is 11.8 Å². The van der Waals surface area contributed by atoms with Crippen molar-refractivity contribution in [2.24, 2.45) is 11.8 Å². The molecule has 0 aliphatic carbocycles. The summed E-state index contributed by atoms with van der Waals surface area (Å²) in [5.41, 5.74) is 0.831. The first-order valence-electron chi connectivity index (χ1n) is 17.6. The Morgan fingerprint density at radius 1 is 0.961 bits per heavy atom. The van der Waals surface area contributed by atoms with Crippen molar-refractivity contribution in [2.75, 3.05) is 19.7 Å². The highest BCUT2D eigenvalue weighted by molar-refractivity contribution is 5.99. The molecule has 3 amide bonds. The Morgan fingerprint density at radius 3 is 2.31 bits per heavy atom. The summed E-state index contributed by atoms with van der Waals surface area (Å²) in [5.74, 6) is -2.72. The summed E-state index contributed by atoms with van der Waals surface area (Å²) in [6.45, 7) is 10.2. The van der Waals surface area contributed by atoms with Crippen molar-refractivity contribution in [1.29, 1.82) is 0 Å². The highest BCUT2D eigenvalue weighted by Crippen LogP contribution is 2.65. The highest BCUT2D eigenvalue weighted by atomic mass is 16.5. The first-order chi connectivity index (χ1) is 24.8. The van der Waals surface area contributed by atoms with Crippen molar-refractivity contribution in [3.8, 4) is 0 Å². The Balaban J connectivity index is 1.33. The molecule has 1 aromatic heterocycles. The number of rotatable bonds is 14. The molecular weight excluding hydrogens is 644 g/mol. The largest absolute Gasteiger partial charge is 0.394 e. The standard InChI is InChI=1S/C40H44N6O5/c1-4-23-43(25-28-15-9-7-10-16-28)36(48)33-34-37(49)46(32(26-47)29-17-11-8-12-18-29)35(40(34)22-21-39(33,6-3)51-40)38(50)44(24-5-2)27-45-31-20-14-13-19-30(31)41-42-45/h4-5,7-20,32-35,47H,1-2,6,21-27H2,3H3/t32-,33+,34+,35?,39-,40?/m1/s1. The molecule has 3 aliphatic heterocycles. The van der Waals surface area contributed by atoms with Crippen molar-refractivity contribution >= 4 is 28.8 Å². The second kappa shape index (κ2) is 13.9. The number of hydrogen-bond donors (Lipinski definition) is 1. The average Bonchev–Trinajstić information content (AvgIpc) is 3.89. The quantitative estimate of drug-likeness (QED) is 0.194. The van der Waals surface area contributed by atoms with Gasteiger partial charge in [0.1, 0.15) is 23.8 Å². The Hall–Kier alpha value is -5.13. The van der Waals surface area contributed by atoms with E-state index in [1.807, 2.05) is 91.9 Å². The van der Waals surface area contributed by atoms with Crippen LogP contribution in [0.3, 0.4) is 0 Å². The number of ether oxygens (including phenoxy) is 1. The van der Waals surface area contributed by atoms with Crippen molar-refractivity contribution in [3.05, 3.63) is 121 Å². The lowest BCUT2D eigenvalue weighted by Crippen LogP contribution is -2.57. The smallest absolute Gasteiger partial charge is 0.250 e. The van der Waals surface area contributed by atoms with Gasteiger partial charge in [0, 0.05) is 19.6 Å². The zero-order valence-corrected chi connectivity index (χ0v) is 28.9. The van der Waals surface area contributed by atoms with Crippen LogP contribution < -0.4 is 0 Å². The van der Waals surface area contributed by atoms with Gasteiger partial charge in [0.15, 0.2) is 0 Å². The second-order valence-electron chi connectivity index (χ2n) is 13.7. The predicted molar refractivity (Wildman–Crippen MR) is 191 cm³/mol. The molecule has 0 saturated carbocycles. The molecule has 51 heavy (non-hydrogen) atoms. The number of amides is 3. The number of aliphatic hydroxyl groups is 1. The van der Waals surface area contributed by atoms with Crippen LogP contribution in [0.25, 0.3) is 11.0 Å². The van der Waals surface area contributed by atoms with Crippen LogP contribution >= 0.6 is 0 Å². The number of hydrogen-bond acceptors (Lipinski definition) is 7. The lowest BCUT2D eigenvalue weighted by Gasteiger charge is -2.39. The monoisotopic (exact) mass is 688 g/mol. The summed E-state index contributed by atoms with van der Waals surface area (Å²) in [7, 11) is 0. The van der Waals surface area contributed by atoms with Gasteiger partial charge in [-0.15, -0.1) is 18.3 Å². The molecule has 4 heterocycles. The fraction of sp³-hybridized carbons (Fsp3) is 0.375. The first-order valence-corrected chi connectivity index (χ1v) is 17.6. The fourth-order valence-corrected chi connectivity index (χ4v) is 8.79. The molecule has 1 spiro atoms. The van der Waals surface area contributed by atoms with Crippen LogP contribution in [0.15, 0.2) is 110 Å². The van der Waals surface area contributed by atoms with E-state index >= 15 is 9.59 Å². The fourth-order valence-electron chi connectivity index (χ4n) is 8.79. The molecule has 11 heteroatoms. The highest BCUT2D eigenvalue weighted by Gasteiger charge is 2.79. The minimum Gasteiger partial charge on any atom is -0.394 e. The Morgan fingerprint density at radius 2 is 1.63 bits per heavy atom. The van der Waals surface area contributed by atoms with Crippen LogP contribution in [-0.4, -0.2) is 89.5 Å². The molecule has 264 valence electrons. The van der Waals surface area contributed by atoms with Gasteiger partial charge in [-0.3, -0.25) is 14.4 Å². The van der Waals surface area contributed by atoms with Crippen molar-refractivity contribution in [3.63, 3.8) is 0 Å². The number of benzene rings is 3. The van der Waals surface area contributed by atoms with Gasteiger partial charge in [-0.1, -0.05) is 97.1 Å². The lowest BCUT2D eigenvalue weighted by molar-refractivity contribution is -0.159. The zero-order valence-electron chi connectivity index (χ0n) is 28.9. The molecule has 6 atom stereocenters. The molecule has 3 fully saturated rings. The van der Waals surface area contributed by atoms with E-state index in [1.165, 1.54) is 4.90 Å². The maximum Gasteiger partial charge on any atom is 0.250 e.